The molecule has 0 aromatic heterocycles. The van der Waals surface area contributed by atoms with Gasteiger partial charge < -0.3 is 25.0 Å². The number of carbonyl (C=O) groups excluding carboxylic acids is 4. The number of esters is 1. The van der Waals surface area contributed by atoms with Crippen LogP contribution in [-0.2, 0) is 30.3 Å². The molecular weight excluding hydrogens is 462 g/mol. The predicted molar refractivity (Wildman–Crippen MR) is 138 cm³/mol. The number of alkyl carbamates (subject to hydrolysis) is 1. The number of carbonyl (C=O) groups is 4. The lowest BCUT2D eigenvalue weighted by Crippen LogP contribution is -2.55. The first-order valence-electron chi connectivity index (χ1n) is 12.6. The number of methoxy groups -OCH3 is 1. The maximum atomic E-state index is 13.9. The maximum Gasteiger partial charge on any atom is 0.408 e. The SMILES string of the molecule is CCCCN(C(=O)C(NC(=O)OC(C)(C)C)C(C)C)C(C(=O)NCC(=O)OC)c1ccc(CC)cc1. The van der Waals surface area contributed by atoms with E-state index in [0.717, 1.165) is 18.4 Å². The zero-order chi connectivity index (χ0) is 27.5. The van der Waals surface area contributed by atoms with Crippen LogP contribution in [0.25, 0.3) is 0 Å². The Kier molecular flexibility index (Phi) is 12.4. The molecule has 2 atom stereocenters. The fourth-order valence-corrected chi connectivity index (χ4v) is 3.56. The predicted octanol–water partition coefficient (Wildman–Crippen LogP) is 3.76. The number of ether oxygens (including phenoxy) is 2. The van der Waals surface area contributed by atoms with Gasteiger partial charge in [0.2, 0.25) is 11.8 Å². The second-order valence-electron chi connectivity index (χ2n) is 10.0. The number of aryl methyl sites for hydroxylation is 1. The molecule has 1 aromatic rings. The highest BCUT2D eigenvalue weighted by Gasteiger charge is 2.37. The molecule has 0 bridgehead atoms. The van der Waals surface area contributed by atoms with E-state index >= 15 is 0 Å². The van der Waals surface area contributed by atoms with Crippen LogP contribution in [0.4, 0.5) is 4.79 Å². The fourth-order valence-electron chi connectivity index (χ4n) is 3.56. The van der Waals surface area contributed by atoms with Gasteiger partial charge in [0.05, 0.1) is 7.11 Å². The zero-order valence-corrected chi connectivity index (χ0v) is 23.0. The summed E-state index contributed by atoms with van der Waals surface area (Å²) in [6.07, 6.45) is 1.56. The molecule has 36 heavy (non-hydrogen) atoms. The van der Waals surface area contributed by atoms with Crippen molar-refractivity contribution in [3.05, 3.63) is 35.4 Å². The van der Waals surface area contributed by atoms with Crippen molar-refractivity contribution in [3.8, 4) is 0 Å². The van der Waals surface area contributed by atoms with Crippen LogP contribution >= 0.6 is 0 Å². The monoisotopic (exact) mass is 505 g/mol. The van der Waals surface area contributed by atoms with Gasteiger partial charge in [0.25, 0.3) is 0 Å². The summed E-state index contributed by atoms with van der Waals surface area (Å²) in [6.45, 7) is 12.9. The topological polar surface area (TPSA) is 114 Å². The zero-order valence-electron chi connectivity index (χ0n) is 23.0. The lowest BCUT2D eigenvalue weighted by Gasteiger charge is -2.35. The smallest absolute Gasteiger partial charge is 0.408 e. The van der Waals surface area contributed by atoms with Crippen molar-refractivity contribution >= 4 is 23.9 Å². The maximum absolute atomic E-state index is 13.9. The molecule has 3 amide bonds. The largest absolute Gasteiger partial charge is 0.468 e. The van der Waals surface area contributed by atoms with E-state index in [9.17, 15) is 19.2 Å². The Morgan fingerprint density at radius 3 is 2.11 bits per heavy atom. The molecule has 2 unspecified atom stereocenters. The van der Waals surface area contributed by atoms with Crippen molar-refractivity contribution in [1.82, 2.24) is 15.5 Å². The van der Waals surface area contributed by atoms with Crippen molar-refractivity contribution in [3.63, 3.8) is 0 Å². The Labute approximate surface area is 215 Å². The Morgan fingerprint density at radius 2 is 1.64 bits per heavy atom. The lowest BCUT2D eigenvalue weighted by molar-refractivity contribution is -0.145. The van der Waals surface area contributed by atoms with Crippen molar-refractivity contribution in [1.29, 1.82) is 0 Å². The quantitative estimate of drug-likeness (QED) is 0.418. The first-order valence-corrected chi connectivity index (χ1v) is 12.6. The number of nitrogens with zero attached hydrogens (tertiary/aromatic N) is 1. The molecule has 0 radical (unpaired) electrons. The van der Waals surface area contributed by atoms with E-state index in [1.165, 1.54) is 12.0 Å². The lowest BCUT2D eigenvalue weighted by atomic mass is 9.97. The molecule has 0 aliphatic rings. The summed E-state index contributed by atoms with van der Waals surface area (Å²) in [7, 11) is 1.24. The molecule has 9 nitrogen and oxygen atoms in total. The van der Waals surface area contributed by atoms with Gasteiger partial charge in [-0.05, 0) is 50.7 Å². The van der Waals surface area contributed by atoms with Gasteiger partial charge in [0, 0.05) is 6.54 Å². The van der Waals surface area contributed by atoms with Crippen LogP contribution in [-0.4, -0.2) is 60.6 Å². The van der Waals surface area contributed by atoms with E-state index in [0.29, 0.717) is 18.5 Å². The molecule has 0 saturated heterocycles. The highest BCUT2D eigenvalue weighted by Crippen LogP contribution is 2.25. The van der Waals surface area contributed by atoms with Crippen LogP contribution in [0.2, 0.25) is 0 Å². The number of amides is 3. The minimum atomic E-state index is -0.999. The van der Waals surface area contributed by atoms with Gasteiger partial charge in [-0.3, -0.25) is 14.4 Å². The summed E-state index contributed by atoms with van der Waals surface area (Å²) in [5.41, 5.74) is 0.970. The highest BCUT2D eigenvalue weighted by atomic mass is 16.6. The van der Waals surface area contributed by atoms with Gasteiger partial charge in [-0.15, -0.1) is 0 Å². The van der Waals surface area contributed by atoms with Crippen LogP contribution in [0.15, 0.2) is 24.3 Å². The fraction of sp³-hybridized carbons (Fsp3) is 0.630. The normalized spacial score (nSPS) is 12.9. The molecule has 2 N–H and O–H groups in total. The second kappa shape index (κ2) is 14.5. The first-order chi connectivity index (χ1) is 16.8. The average Bonchev–Trinajstić information content (AvgIpc) is 2.81. The van der Waals surface area contributed by atoms with E-state index in [1.807, 2.05) is 52.0 Å². The van der Waals surface area contributed by atoms with Crippen molar-refractivity contribution in [2.75, 3.05) is 20.2 Å². The Bertz CT molecular complexity index is 876. The van der Waals surface area contributed by atoms with Gasteiger partial charge in [-0.1, -0.05) is 58.4 Å². The molecule has 9 heteroatoms. The molecule has 202 valence electrons. The van der Waals surface area contributed by atoms with Gasteiger partial charge >= 0.3 is 12.1 Å². The third-order valence-corrected chi connectivity index (χ3v) is 5.54. The van der Waals surface area contributed by atoms with Gasteiger partial charge in [-0.25, -0.2) is 4.79 Å². The van der Waals surface area contributed by atoms with Crippen LogP contribution in [0, 0.1) is 5.92 Å². The van der Waals surface area contributed by atoms with E-state index in [1.54, 1.807) is 20.8 Å². The number of unbranched alkanes of at least 4 members (excludes halogenated alkanes) is 1. The molecule has 0 aliphatic heterocycles. The van der Waals surface area contributed by atoms with Crippen molar-refractivity contribution in [2.24, 2.45) is 5.92 Å². The summed E-state index contributed by atoms with van der Waals surface area (Å²) in [4.78, 5) is 53.0. The third kappa shape index (κ3) is 9.87. The van der Waals surface area contributed by atoms with Crippen LogP contribution in [0.5, 0.6) is 0 Å². The minimum Gasteiger partial charge on any atom is -0.468 e. The Hall–Kier alpha value is -3.10. The molecule has 0 spiro atoms. The third-order valence-electron chi connectivity index (χ3n) is 5.54. The van der Waals surface area contributed by atoms with E-state index in [4.69, 9.17) is 4.74 Å². The van der Waals surface area contributed by atoms with Crippen molar-refractivity contribution < 1.29 is 28.7 Å². The second-order valence-corrected chi connectivity index (χ2v) is 10.0. The molecule has 0 aliphatic carbocycles. The highest BCUT2D eigenvalue weighted by molar-refractivity contribution is 5.93. The van der Waals surface area contributed by atoms with Crippen LogP contribution in [0.3, 0.4) is 0 Å². The van der Waals surface area contributed by atoms with Gasteiger partial charge in [-0.2, -0.15) is 0 Å². The molecule has 0 heterocycles. The van der Waals surface area contributed by atoms with Crippen LogP contribution < -0.4 is 10.6 Å². The van der Waals surface area contributed by atoms with E-state index in [-0.39, 0.29) is 12.5 Å². The number of benzene rings is 1. The van der Waals surface area contributed by atoms with Gasteiger partial charge in [0.15, 0.2) is 0 Å². The van der Waals surface area contributed by atoms with Crippen molar-refractivity contribution in [2.45, 2.75) is 85.4 Å². The number of hydrogen-bond acceptors (Lipinski definition) is 6. The summed E-state index contributed by atoms with van der Waals surface area (Å²) in [5.74, 6) is -1.77. The van der Waals surface area contributed by atoms with E-state index in [2.05, 4.69) is 15.4 Å². The molecule has 0 fully saturated rings. The van der Waals surface area contributed by atoms with Gasteiger partial charge in [0.1, 0.15) is 24.2 Å². The molecular formula is C27H43N3O6. The molecule has 1 aromatic carbocycles. The van der Waals surface area contributed by atoms with Crippen LogP contribution in [0.1, 0.15) is 78.5 Å². The number of rotatable bonds is 12. The first kappa shape index (κ1) is 30.9. The molecule has 1 rings (SSSR count). The minimum absolute atomic E-state index is 0.268. The molecule has 0 saturated carbocycles. The standard InChI is InChI=1S/C27H43N3O6/c1-9-11-16-30(25(33)22(18(3)4)29-26(34)36-27(5,6)7)23(24(32)28-17-21(31)35-8)20-14-12-19(10-2)13-15-20/h12-15,18,22-23H,9-11,16-17H2,1-8H3,(H,28,32)(H,29,34). The summed E-state index contributed by atoms with van der Waals surface area (Å²) in [6, 6.07) is 5.55. The Morgan fingerprint density at radius 1 is 1.03 bits per heavy atom. The summed E-state index contributed by atoms with van der Waals surface area (Å²) < 4.78 is 10.0. The average molecular weight is 506 g/mol. The number of hydrogen-bond donors (Lipinski definition) is 2. The summed E-state index contributed by atoms with van der Waals surface area (Å²) >= 11 is 0. The van der Waals surface area contributed by atoms with E-state index < -0.39 is 41.6 Å². The number of nitrogens with one attached hydrogen (secondary N) is 2. The summed E-state index contributed by atoms with van der Waals surface area (Å²) in [5, 5.41) is 5.29. The Balaban J connectivity index is 3.44.